The third-order valence-corrected chi connectivity index (χ3v) is 6.71. The third-order valence-electron chi connectivity index (χ3n) is 5.77. The van der Waals surface area contributed by atoms with E-state index in [1.54, 1.807) is 36.4 Å². The number of H-pyrrole nitrogens is 1. The van der Waals surface area contributed by atoms with E-state index in [1.165, 1.54) is 19.2 Å². The number of carbonyl (C=O) groups excluding carboxylic acids is 1. The van der Waals surface area contributed by atoms with Crippen molar-refractivity contribution in [2.24, 2.45) is 0 Å². The summed E-state index contributed by atoms with van der Waals surface area (Å²) in [5.74, 6) is -0.351. The number of nitrogens with zero attached hydrogens (tertiary/aromatic N) is 2. The van der Waals surface area contributed by atoms with Gasteiger partial charge in [0.1, 0.15) is 5.75 Å². The van der Waals surface area contributed by atoms with Gasteiger partial charge in [-0.3, -0.25) is 9.59 Å². The highest BCUT2D eigenvalue weighted by Gasteiger charge is 2.37. The maximum atomic E-state index is 13.1. The summed E-state index contributed by atoms with van der Waals surface area (Å²) in [5.41, 5.74) is -3.29. The first-order chi connectivity index (χ1) is 19.8. The lowest BCUT2D eigenvalue weighted by Gasteiger charge is -2.14. The second kappa shape index (κ2) is 12.0. The van der Waals surface area contributed by atoms with Crippen LogP contribution in [0.4, 0.5) is 37.7 Å². The van der Waals surface area contributed by atoms with Crippen molar-refractivity contribution >= 4 is 29.0 Å². The zero-order valence-electron chi connectivity index (χ0n) is 21.4. The molecule has 7 nitrogen and oxygen atoms in total. The topological polar surface area (TPSA) is 88.4 Å². The average molecular weight is 605 g/mol. The smallest absolute Gasteiger partial charge is 0.416 e. The standard InChI is InChI=1S/C28H18F6N4O3S/c1-35-23-22(16-4-3-5-21(12-16)41-2)37-26(38-25(23)40)42-14-15-6-8-20(9-7-15)36-24(39)17-10-18(27(29,30)31)13-19(11-17)28(32,33)34/h3-13H,14H2,2H3,(H,36,39)(H,37,38,40). The number of thioether (sulfide) groups is 1. The molecule has 216 valence electrons. The molecule has 4 aromatic rings. The lowest BCUT2D eigenvalue weighted by Crippen LogP contribution is -2.17. The van der Waals surface area contributed by atoms with Crippen LogP contribution in [-0.2, 0) is 18.1 Å². The largest absolute Gasteiger partial charge is 0.497 e. The number of amides is 1. The number of carbonyl (C=O) groups is 1. The van der Waals surface area contributed by atoms with E-state index >= 15 is 0 Å². The summed E-state index contributed by atoms with van der Waals surface area (Å²) in [5, 5.41) is 2.52. The molecule has 0 fully saturated rings. The molecule has 14 heteroatoms. The predicted octanol–water partition coefficient (Wildman–Crippen LogP) is 7.58. The van der Waals surface area contributed by atoms with E-state index in [2.05, 4.69) is 20.1 Å². The van der Waals surface area contributed by atoms with Crippen LogP contribution in [-0.4, -0.2) is 23.0 Å². The molecule has 0 aliphatic carbocycles. The van der Waals surface area contributed by atoms with Crippen LogP contribution in [0.5, 0.6) is 5.75 Å². The molecule has 1 heterocycles. The summed E-state index contributed by atoms with van der Waals surface area (Å²) in [6, 6.07) is 13.4. The van der Waals surface area contributed by atoms with Gasteiger partial charge in [-0.1, -0.05) is 36.0 Å². The summed E-state index contributed by atoms with van der Waals surface area (Å²) in [7, 11) is 1.48. The minimum atomic E-state index is -5.08. The number of aromatic amines is 1. The molecule has 0 atom stereocenters. The lowest BCUT2D eigenvalue weighted by molar-refractivity contribution is -0.143. The number of rotatable bonds is 7. The molecule has 0 bridgehead atoms. The maximum absolute atomic E-state index is 13.1. The van der Waals surface area contributed by atoms with Crippen LogP contribution < -0.4 is 15.6 Å². The number of halogens is 6. The van der Waals surface area contributed by atoms with Crippen molar-refractivity contribution < 1.29 is 35.9 Å². The highest BCUT2D eigenvalue weighted by molar-refractivity contribution is 7.98. The van der Waals surface area contributed by atoms with E-state index in [4.69, 9.17) is 11.3 Å². The quantitative estimate of drug-likeness (QED) is 0.0983. The van der Waals surface area contributed by atoms with Gasteiger partial charge in [0.25, 0.3) is 17.2 Å². The second-order valence-corrected chi connectivity index (χ2v) is 9.61. The Morgan fingerprint density at radius 3 is 2.21 bits per heavy atom. The molecule has 0 radical (unpaired) electrons. The zero-order chi connectivity index (χ0) is 30.7. The molecule has 0 unspecified atom stereocenters. The fourth-order valence-electron chi connectivity index (χ4n) is 3.72. The number of hydrogen-bond donors (Lipinski definition) is 2. The molecule has 1 aromatic heterocycles. The second-order valence-electron chi connectivity index (χ2n) is 8.65. The van der Waals surface area contributed by atoms with Gasteiger partial charge in [-0.15, -0.1) is 0 Å². The number of benzene rings is 3. The molecular weight excluding hydrogens is 586 g/mol. The van der Waals surface area contributed by atoms with Crippen LogP contribution in [0, 0.1) is 6.57 Å². The number of ether oxygens (including phenoxy) is 1. The van der Waals surface area contributed by atoms with E-state index in [0.29, 0.717) is 29.0 Å². The predicted molar refractivity (Wildman–Crippen MR) is 144 cm³/mol. The Morgan fingerprint density at radius 2 is 1.64 bits per heavy atom. The third kappa shape index (κ3) is 7.10. The van der Waals surface area contributed by atoms with Crippen LogP contribution in [0.2, 0.25) is 0 Å². The Labute approximate surface area is 238 Å². The Kier molecular flexibility index (Phi) is 8.62. The van der Waals surface area contributed by atoms with Gasteiger partial charge in [-0.05, 0) is 53.6 Å². The van der Waals surface area contributed by atoms with Crippen LogP contribution in [0.15, 0.2) is 76.7 Å². The molecule has 3 aromatic carbocycles. The monoisotopic (exact) mass is 604 g/mol. The van der Waals surface area contributed by atoms with Crippen molar-refractivity contribution in [1.29, 1.82) is 0 Å². The Balaban J connectivity index is 1.49. The summed E-state index contributed by atoms with van der Waals surface area (Å²) in [6.07, 6.45) is -10.2. The fourth-order valence-corrected chi connectivity index (χ4v) is 4.53. The van der Waals surface area contributed by atoms with Gasteiger partial charge in [-0.25, -0.2) is 9.83 Å². The maximum Gasteiger partial charge on any atom is 0.416 e. The summed E-state index contributed by atoms with van der Waals surface area (Å²) in [4.78, 5) is 35.3. The molecule has 0 aliphatic rings. The summed E-state index contributed by atoms with van der Waals surface area (Å²) >= 11 is 1.15. The molecule has 0 saturated heterocycles. The van der Waals surface area contributed by atoms with Crippen molar-refractivity contribution in [3.8, 4) is 17.0 Å². The molecule has 2 N–H and O–H groups in total. The Bertz CT molecular complexity index is 1700. The van der Waals surface area contributed by atoms with Crippen LogP contribution in [0.25, 0.3) is 16.1 Å². The molecule has 42 heavy (non-hydrogen) atoms. The number of hydrogen-bond acceptors (Lipinski definition) is 5. The number of anilines is 1. The number of nitrogens with one attached hydrogen (secondary N) is 2. The minimum Gasteiger partial charge on any atom is -0.497 e. The molecule has 4 rings (SSSR count). The first kappa shape index (κ1) is 30.2. The molecular formula is C28H18F6N4O3S. The zero-order valence-corrected chi connectivity index (χ0v) is 22.2. The molecule has 1 amide bonds. The Hall–Kier alpha value is -4.77. The van der Waals surface area contributed by atoms with Crippen molar-refractivity contribution in [3.05, 3.63) is 111 Å². The van der Waals surface area contributed by atoms with Crippen LogP contribution in [0.1, 0.15) is 27.0 Å². The molecule has 0 aliphatic heterocycles. The SMILES string of the molecule is [C-]#[N+]c1c(-c2cccc(OC)c2)nc(SCc2ccc(NC(=O)c3cc(C(F)(F)F)cc(C(F)(F)F)c3)cc2)[nH]c1=O. The highest BCUT2D eigenvalue weighted by atomic mass is 32.2. The number of alkyl halides is 6. The fraction of sp³-hybridized carbons (Fsp3) is 0.143. The minimum absolute atomic E-state index is 0.0553. The van der Waals surface area contributed by atoms with Crippen molar-refractivity contribution in [3.63, 3.8) is 0 Å². The Morgan fingerprint density at radius 1 is 1.00 bits per heavy atom. The van der Waals surface area contributed by atoms with E-state index in [0.717, 1.165) is 11.8 Å². The van der Waals surface area contributed by atoms with Crippen LogP contribution in [0.3, 0.4) is 0 Å². The number of aromatic nitrogens is 2. The van der Waals surface area contributed by atoms with Crippen molar-refractivity contribution in [2.45, 2.75) is 23.3 Å². The van der Waals surface area contributed by atoms with Crippen molar-refractivity contribution in [2.75, 3.05) is 12.4 Å². The van der Waals surface area contributed by atoms with Gasteiger partial charge in [-0.2, -0.15) is 26.3 Å². The normalized spacial score (nSPS) is 11.6. The molecule has 0 spiro atoms. The first-order valence-electron chi connectivity index (χ1n) is 11.8. The van der Waals surface area contributed by atoms with E-state index in [1.807, 2.05) is 0 Å². The van der Waals surface area contributed by atoms with Gasteiger partial charge >= 0.3 is 12.4 Å². The summed E-state index contributed by atoms with van der Waals surface area (Å²) < 4.78 is 83.9. The highest BCUT2D eigenvalue weighted by Crippen LogP contribution is 2.36. The van der Waals surface area contributed by atoms with Gasteiger partial charge in [0.05, 0.1) is 30.5 Å². The molecule has 0 saturated carbocycles. The van der Waals surface area contributed by atoms with Gasteiger partial charge in [0, 0.05) is 17.0 Å². The first-order valence-corrected chi connectivity index (χ1v) is 12.8. The van der Waals surface area contributed by atoms with Gasteiger partial charge in [0.15, 0.2) is 5.16 Å². The van der Waals surface area contributed by atoms with E-state index in [-0.39, 0.29) is 34.0 Å². The van der Waals surface area contributed by atoms with Crippen molar-refractivity contribution in [1.82, 2.24) is 9.97 Å². The van der Waals surface area contributed by atoms with E-state index < -0.39 is 40.5 Å². The average Bonchev–Trinajstić information content (AvgIpc) is 2.95. The van der Waals surface area contributed by atoms with Gasteiger partial charge in [0.2, 0.25) is 0 Å². The lowest BCUT2D eigenvalue weighted by atomic mass is 10.0. The van der Waals surface area contributed by atoms with Gasteiger partial charge < -0.3 is 15.0 Å². The van der Waals surface area contributed by atoms with E-state index in [9.17, 15) is 35.9 Å². The number of methoxy groups -OCH3 is 1. The van der Waals surface area contributed by atoms with Crippen LogP contribution >= 0.6 is 11.8 Å². The summed E-state index contributed by atoms with van der Waals surface area (Å²) in [6.45, 7) is 7.38.